The Morgan fingerprint density at radius 1 is 1.50 bits per heavy atom. The Kier molecular flexibility index (Phi) is 4.37. The molecule has 0 saturated carbocycles. The van der Waals surface area contributed by atoms with Gasteiger partial charge in [-0.1, -0.05) is 17.7 Å². The Morgan fingerprint density at radius 3 is 2.93 bits per heavy atom. The van der Waals surface area contributed by atoms with E-state index in [9.17, 15) is 4.39 Å². The lowest BCUT2D eigenvalue weighted by Gasteiger charge is -2.04. The molecule has 1 rings (SSSR count). The first-order chi connectivity index (χ1) is 6.74. The third-order valence-corrected chi connectivity index (χ3v) is 2.10. The van der Waals surface area contributed by atoms with Gasteiger partial charge in [0.1, 0.15) is 5.82 Å². The van der Waals surface area contributed by atoms with Crippen molar-refractivity contribution in [2.45, 2.75) is 13.0 Å². The van der Waals surface area contributed by atoms with E-state index < -0.39 is 0 Å². The fourth-order valence-electron chi connectivity index (χ4n) is 1.03. The van der Waals surface area contributed by atoms with E-state index in [4.69, 9.17) is 16.9 Å². The molecule has 14 heavy (non-hydrogen) atoms. The second-order valence-electron chi connectivity index (χ2n) is 2.82. The third kappa shape index (κ3) is 3.33. The molecule has 74 valence electrons. The van der Waals surface area contributed by atoms with Crippen LogP contribution in [0.1, 0.15) is 12.0 Å². The predicted molar refractivity (Wildman–Crippen MR) is 53.3 cm³/mol. The maximum atomic E-state index is 12.6. The number of benzene rings is 1. The largest absolute Gasteiger partial charge is 0.312 e. The number of nitrogens with zero attached hydrogens (tertiary/aromatic N) is 1. The highest BCUT2D eigenvalue weighted by molar-refractivity contribution is 6.31. The molecule has 2 nitrogen and oxygen atoms in total. The van der Waals surface area contributed by atoms with Gasteiger partial charge in [0, 0.05) is 24.5 Å². The Labute approximate surface area is 87.3 Å². The summed E-state index contributed by atoms with van der Waals surface area (Å²) in [6.07, 6.45) is 0.457. The molecule has 0 aliphatic heterocycles. The van der Waals surface area contributed by atoms with Crippen molar-refractivity contribution in [2.75, 3.05) is 6.54 Å². The monoisotopic (exact) mass is 212 g/mol. The van der Waals surface area contributed by atoms with Crippen LogP contribution in [0.5, 0.6) is 0 Å². The van der Waals surface area contributed by atoms with Crippen molar-refractivity contribution in [1.29, 1.82) is 5.26 Å². The minimum absolute atomic E-state index is 0.337. The number of halogens is 2. The summed E-state index contributed by atoms with van der Waals surface area (Å²) < 4.78 is 12.6. The summed E-state index contributed by atoms with van der Waals surface area (Å²) in [6.45, 7) is 1.17. The molecule has 1 aromatic carbocycles. The molecule has 1 N–H and O–H groups in total. The zero-order valence-corrected chi connectivity index (χ0v) is 8.31. The van der Waals surface area contributed by atoms with E-state index in [-0.39, 0.29) is 5.82 Å². The van der Waals surface area contributed by atoms with Crippen LogP contribution in [0, 0.1) is 17.1 Å². The van der Waals surface area contributed by atoms with Crippen LogP contribution in [0.3, 0.4) is 0 Å². The highest BCUT2D eigenvalue weighted by Gasteiger charge is 2.00. The van der Waals surface area contributed by atoms with Crippen molar-refractivity contribution >= 4 is 11.6 Å². The van der Waals surface area contributed by atoms with Crippen LogP contribution < -0.4 is 5.32 Å². The molecular formula is C10H10ClFN2. The lowest BCUT2D eigenvalue weighted by molar-refractivity contribution is 0.625. The van der Waals surface area contributed by atoms with Gasteiger partial charge in [0.05, 0.1) is 6.07 Å². The first kappa shape index (κ1) is 11.0. The first-order valence-corrected chi connectivity index (χ1v) is 4.63. The second-order valence-corrected chi connectivity index (χ2v) is 3.23. The Balaban J connectivity index is 2.47. The predicted octanol–water partition coefficient (Wildman–Crippen LogP) is 2.48. The van der Waals surface area contributed by atoms with Gasteiger partial charge < -0.3 is 5.32 Å². The van der Waals surface area contributed by atoms with Crippen LogP contribution in [0.2, 0.25) is 5.02 Å². The Hall–Kier alpha value is -1.11. The fraction of sp³-hybridized carbons (Fsp3) is 0.300. The number of hydrogen-bond donors (Lipinski definition) is 1. The van der Waals surface area contributed by atoms with E-state index in [1.165, 1.54) is 12.1 Å². The van der Waals surface area contributed by atoms with Gasteiger partial charge in [-0.05, 0) is 17.7 Å². The van der Waals surface area contributed by atoms with Crippen LogP contribution in [0.15, 0.2) is 18.2 Å². The maximum Gasteiger partial charge on any atom is 0.124 e. The molecule has 0 aliphatic carbocycles. The summed E-state index contributed by atoms with van der Waals surface area (Å²) in [6, 6.07) is 6.31. The molecular weight excluding hydrogens is 203 g/mol. The summed E-state index contributed by atoms with van der Waals surface area (Å²) in [5.74, 6) is -0.337. The minimum atomic E-state index is -0.337. The molecule has 0 atom stereocenters. The molecule has 0 unspecified atom stereocenters. The summed E-state index contributed by atoms with van der Waals surface area (Å²) in [4.78, 5) is 0. The third-order valence-electron chi connectivity index (χ3n) is 1.74. The van der Waals surface area contributed by atoms with Crippen LogP contribution >= 0.6 is 11.6 Å². The molecule has 1 aromatic rings. The molecule has 0 heterocycles. The summed E-state index contributed by atoms with van der Waals surface area (Å²) in [7, 11) is 0. The summed E-state index contributed by atoms with van der Waals surface area (Å²) in [5, 5.41) is 11.7. The van der Waals surface area contributed by atoms with Gasteiger partial charge in [-0.15, -0.1) is 0 Å². The average molecular weight is 213 g/mol. The van der Waals surface area contributed by atoms with E-state index in [1.54, 1.807) is 6.07 Å². The van der Waals surface area contributed by atoms with Crippen LogP contribution in [-0.2, 0) is 6.54 Å². The van der Waals surface area contributed by atoms with Gasteiger partial charge in [-0.25, -0.2) is 4.39 Å². The molecule has 4 heteroatoms. The standard InChI is InChI=1S/C10H10ClFN2/c11-10-6-9(12)3-2-8(10)7-14-5-1-4-13/h2-3,6,14H,1,5,7H2. The quantitative estimate of drug-likeness (QED) is 0.779. The van der Waals surface area contributed by atoms with Gasteiger partial charge in [-0.3, -0.25) is 0 Å². The van der Waals surface area contributed by atoms with E-state index in [1.807, 2.05) is 6.07 Å². The SMILES string of the molecule is N#CCCNCc1ccc(F)cc1Cl. The van der Waals surface area contributed by atoms with E-state index in [2.05, 4.69) is 5.32 Å². The Bertz CT molecular complexity index is 346. The molecule has 0 radical (unpaired) electrons. The van der Waals surface area contributed by atoms with Crippen molar-refractivity contribution in [1.82, 2.24) is 5.32 Å². The van der Waals surface area contributed by atoms with Gasteiger partial charge in [0.2, 0.25) is 0 Å². The van der Waals surface area contributed by atoms with Crippen LogP contribution in [-0.4, -0.2) is 6.54 Å². The smallest absolute Gasteiger partial charge is 0.124 e. The van der Waals surface area contributed by atoms with Crippen LogP contribution in [0.4, 0.5) is 4.39 Å². The minimum Gasteiger partial charge on any atom is -0.312 e. The van der Waals surface area contributed by atoms with Crippen molar-refractivity contribution < 1.29 is 4.39 Å². The van der Waals surface area contributed by atoms with Crippen molar-refractivity contribution in [3.05, 3.63) is 34.6 Å². The zero-order valence-electron chi connectivity index (χ0n) is 7.56. The fourth-order valence-corrected chi connectivity index (χ4v) is 1.27. The molecule has 0 spiro atoms. The van der Waals surface area contributed by atoms with Gasteiger partial charge >= 0.3 is 0 Å². The molecule has 0 aliphatic rings. The highest BCUT2D eigenvalue weighted by atomic mass is 35.5. The van der Waals surface area contributed by atoms with Gasteiger partial charge in [0.25, 0.3) is 0 Å². The first-order valence-electron chi connectivity index (χ1n) is 4.25. The van der Waals surface area contributed by atoms with E-state index >= 15 is 0 Å². The Morgan fingerprint density at radius 2 is 2.29 bits per heavy atom. The van der Waals surface area contributed by atoms with Crippen molar-refractivity contribution in [3.8, 4) is 6.07 Å². The number of rotatable bonds is 4. The van der Waals surface area contributed by atoms with E-state index in [0.29, 0.717) is 24.5 Å². The molecule has 0 bridgehead atoms. The van der Waals surface area contributed by atoms with Crippen LogP contribution in [0.25, 0.3) is 0 Å². The highest BCUT2D eigenvalue weighted by Crippen LogP contribution is 2.16. The van der Waals surface area contributed by atoms with Crippen molar-refractivity contribution in [3.63, 3.8) is 0 Å². The molecule has 0 saturated heterocycles. The maximum absolute atomic E-state index is 12.6. The number of nitriles is 1. The molecule has 0 aromatic heterocycles. The molecule has 0 amide bonds. The summed E-state index contributed by atoms with van der Waals surface area (Å²) in [5.41, 5.74) is 0.839. The zero-order chi connectivity index (χ0) is 10.4. The number of hydrogen-bond acceptors (Lipinski definition) is 2. The topological polar surface area (TPSA) is 35.8 Å². The van der Waals surface area contributed by atoms with Crippen molar-refractivity contribution in [2.24, 2.45) is 0 Å². The van der Waals surface area contributed by atoms with Gasteiger partial charge in [0.15, 0.2) is 0 Å². The molecule has 0 fully saturated rings. The average Bonchev–Trinajstić information content (AvgIpc) is 2.15. The van der Waals surface area contributed by atoms with E-state index in [0.717, 1.165) is 5.56 Å². The summed E-state index contributed by atoms with van der Waals surface area (Å²) >= 11 is 5.80. The second kappa shape index (κ2) is 5.58. The lowest BCUT2D eigenvalue weighted by atomic mass is 10.2. The normalized spacial score (nSPS) is 9.79. The van der Waals surface area contributed by atoms with Gasteiger partial charge in [-0.2, -0.15) is 5.26 Å². The number of nitrogens with one attached hydrogen (secondary N) is 1. The lowest BCUT2D eigenvalue weighted by Crippen LogP contribution is -2.14.